The second-order valence-electron chi connectivity index (χ2n) is 3.79. The van der Waals surface area contributed by atoms with E-state index in [0.29, 0.717) is 0 Å². The van der Waals surface area contributed by atoms with Gasteiger partial charge >= 0.3 is 6.18 Å². The van der Waals surface area contributed by atoms with E-state index in [4.69, 9.17) is 5.73 Å². The lowest BCUT2D eigenvalue weighted by atomic mass is 10.0. The topological polar surface area (TPSA) is 55.5 Å². The fourth-order valence-electron chi connectivity index (χ4n) is 1.39. The van der Waals surface area contributed by atoms with E-state index in [2.05, 4.69) is 4.74 Å². The molecule has 1 rings (SSSR count). The van der Waals surface area contributed by atoms with Crippen molar-refractivity contribution in [3.63, 3.8) is 0 Å². The van der Waals surface area contributed by atoms with Gasteiger partial charge in [0.05, 0.1) is 13.2 Å². The molecule has 7 heteroatoms. The van der Waals surface area contributed by atoms with Crippen molar-refractivity contribution in [3.05, 3.63) is 29.6 Å². The maximum atomic E-state index is 13.1. The van der Waals surface area contributed by atoms with Crippen molar-refractivity contribution in [1.82, 2.24) is 0 Å². The van der Waals surface area contributed by atoms with E-state index in [1.807, 2.05) is 0 Å². The van der Waals surface area contributed by atoms with Crippen LogP contribution in [0, 0.1) is 5.82 Å². The molecule has 0 heterocycles. The lowest BCUT2D eigenvalue weighted by Gasteiger charge is -2.19. The summed E-state index contributed by atoms with van der Waals surface area (Å²) in [6.45, 7) is 0. The molecule has 0 aromatic heterocycles. The number of halogens is 4. The minimum atomic E-state index is -4.58. The monoisotopic (exact) mass is 267 g/mol. The minimum absolute atomic E-state index is 0.118. The fraction of sp³-hybridized carbons (Fsp3) is 0.455. The van der Waals surface area contributed by atoms with Crippen LogP contribution in [0.2, 0.25) is 0 Å². The largest absolute Gasteiger partial charge is 0.494 e. The summed E-state index contributed by atoms with van der Waals surface area (Å²) >= 11 is 0. The molecule has 18 heavy (non-hydrogen) atoms. The average Bonchev–Trinajstić information content (AvgIpc) is 2.28. The van der Waals surface area contributed by atoms with Gasteiger partial charge in [-0.1, -0.05) is 6.07 Å². The van der Waals surface area contributed by atoms with Gasteiger partial charge in [0.15, 0.2) is 11.6 Å². The number of methoxy groups -OCH3 is 1. The Labute approximate surface area is 101 Å². The quantitative estimate of drug-likeness (QED) is 0.822. The molecule has 3 N–H and O–H groups in total. The van der Waals surface area contributed by atoms with Gasteiger partial charge < -0.3 is 15.6 Å². The van der Waals surface area contributed by atoms with Crippen LogP contribution in [0.1, 0.15) is 18.1 Å². The number of hydrogen-bond acceptors (Lipinski definition) is 3. The second kappa shape index (κ2) is 5.53. The highest BCUT2D eigenvalue weighted by Gasteiger charge is 2.38. The fourth-order valence-corrected chi connectivity index (χ4v) is 1.39. The van der Waals surface area contributed by atoms with E-state index in [1.54, 1.807) is 0 Å². The maximum absolute atomic E-state index is 13.1. The smallest absolute Gasteiger partial charge is 0.403 e. The number of hydrogen-bond donors (Lipinski definition) is 2. The van der Waals surface area contributed by atoms with Crippen LogP contribution in [0.25, 0.3) is 0 Å². The number of aliphatic hydroxyl groups is 1. The van der Waals surface area contributed by atoms with Gasteiger partial charge in [-0.3, -0.25) is 0 Å². The normalized spacial score (nSPS) is 15.3. The molecule has 2 atom stereocenters. The third-order valence-corrected chi connectivity index (χ3v) is 2.46. The zero-order valence-electron chi connectivity index (χ0n) is 9.54. The van der Waals surface area contributed by atoms with Gasteiger partial charge in [-0.15, -0.1) is 0 Å². The second-order valence-corrected chi connectivity index (χ2v) is 3.79. The molecule has 1 aromatic carbocycles. The zero-order valence-corrected chi connectivity index (χ0v) is 9.54. The molecule has 1 aromatic rings. The van der Waals surface area contributed by atoms with Crippen molar-refractivity contribution in [2.24, 2.45) is 5.73 Å². The maximum Gasteiger partial charge on any atom is 0.403 e. The molecule has 0 saturated heterocycles. The zero-order chi connectivity index (χ0) is 13.9. The lowest BCUT2D eigenvalue weighted by Crippen LogP contribution is -2.38. The van der Waals surface area contributed by atoms with Crippen molar-refractivity contribution in [1.29, 1.82) is 0 Å². The molecule has 3 nitrogen and oxygen atoms in total. The summed E-state index contributed by atoms with van der Waals surface area (Å²) in [6.07, 6.45) is -6.71. The first-order valence-corrected chi connectivity index (χ1v) is 5.09. The van der Waals surface area contributed by atoms with Crippen molar-refractivity contribution < 1.29 is 27.4 Å². The molecular weight excluding hydrogens is 254 g/mol. The minimum Gasteiger partial charge on any atom is -0.494 e. The number of alkyl halides is 3. The van der Waals surface area contributed by atoms with Crippen molar-refractivity contribution in [3.8, 4) is 5.75 Å². The lowest BCUT2D eigenvalue weighted by molar-refractivity contribution is -0.153. The Morgan fingerprint density at radius 3 is 2.50 bits per heavy atom. The highest BCUT2D eigenvalue weighted by molar-refractivity contribution is 5.31. The molecule has 0 bridgehead atoms. The number of nitrogens with two attached hydrogens (primary N) is 1. The number of aliphatic hydroxyl groups excluding tert-OH is 1. The van der Waals surface area contributed by atoms with E-state index >= 15 is 0 Å². The Morgan fingerprint density at radius 1 is 1.39 bits per heavy atom. The Kier molecular flexibility index (Phi) is 4.53. The highest BCUT2D eigenvalue weighted by atomic mass is 19.4. The molecule has 0 fully saturated rings. The average molecular weight is 267 g/mol. The standard InChI is InChI=1S/C11H13F4NO2/c1-18-9-4-6(2-3-7(9)12)8(17)5-10(16)11(13,14)15/h2-4,8,10,17H,5,16H2,1H3/t8-,10+/m1/s1. The van der Waals surface area contributed by atoms with Gasteiger partial charge in [0.2, 0.25) is 0 Å². The van der Waals surface area contributed by atoms with Crippen molar-refractivity contribution in [2.45, 2.75) is 24.7 Å². The number of benzene rings is 1. The molecule has 102 valence electrons. The van der Waals surface area contributed by atoms with Crippen LogP contribution in [0.4, 0.5) is 17.6 Å². The van der Waals surface area contributed by atoms with E-state index in [1.165, 1.54) is 13.2 Å². The van der Waals surface area contributed by atoms with Crippen LogP contribution < -0.4 is 10.5 Å². The third kappa shape index (κ3) is 3.58. The number of ether oxygens (including phenoxy) is 1. The van der Waals surface area contributed by atoms with Crippen LogP contribution in [0.3, 0.4) is 0 Å². The molecule has 0 aliphatic rings. The molecule has 0 aliphatic heterocycles. The Hall–Kier alpha value is -1.34. The van der Waals surface area contributed by atoms with Gasteiger partial charge in [-0.25, -0.2) is 4.39 Å². The van der Waals surface area contributed by atoms with Gasteiger partial charge in [-0.2, -0.15) is 13.2 Å². The molecule has 0 radical (unpaired) electrons. The van der Waals surface area contributed by atoms with Crippen LogP contribution >= 0.6 is 0 Å². The van der Waals surface area contributed by atoms with Crippen molar-refractivity contribution in [2.75, 3.05) is 7.11 Å². The third-order valence-electron chi connectivity index (χ3n) is 2.46. The summed E-state index contributed by atoms with van der Waals surface area (Å²) in [5, 5.41) is 9.61. The van der Waals surface area contributed by atoms with Crippen LogP contribution in [-0.2, 0) is 0 Å². The Bertz CT molecular complexity index is 409. The summed E-state index contributed by atoms with van der Waals surface area (Å²) < 4.78 is 54.4. The van der Waals surface area contributed by atoms with E-state index in [9.17, 15) is 22.7 Å². The SMILES string of the molecule is COc1cc([C@H](O)C[C@H](N)C(F)(F)F)ccc1F. The van der Waals surface area contributed by atoms with Gasteiger partial charge in [-0.05, 0) is 17.7 Å². The predicted octanol–water partition coefficient (Wildman–Crippen LogP) is 2.15. The van der Waals surface area contributed by atoms with Crippen LogP contribution in [-0.4, -0.2) is 24.4 Å². The first kappa shape index (κ1) is 14.7. The van der Waals surface area contributed by atoms with E-state index in [-0.39, 0.29) is 11.3 Å². The first-order valence-electron chi connectivity index (χ1n) is 5.09. The summed E-state index contributed by atoms with van der Waals surface area (Å²) in [5.41, 5.74) is 5.02. The molecule has 0 spiro atoms. The summed E-state index contributed by atoms with van der Waals surface area (Å²) in [7, 11) is 1.22. The molecular formula is C11H13F4NO2. The molecule has 0 unspecified atom stereocenters. The van der Waals surface area contributed by atoms with Gasteiger partial charge in [0.25, 0.3) is 0 Å². The molecule has 0 aliphatic carbocycles. The van der Waals surface area contributed by atoms with Crippen LogP contribution in [0.5, 0.6) is 5.75 Å². The van der Waals surface area contributed by atoms with E-state index < -0.39 is 30.6 Å². The van der Waals surface area contributed by atoms with Crippen molar-refractivity contribution >= 4 is 0 Å². The van der Waals surface area contributed by atoms with Gasteiger partial charge in [0, 0.05) is 6.42 Å². The summed E-state index contributed by atoms with van der Waals surface area (Å²) in [4.78, 5) is 0. The summed E-state index contributed by atoms with van der Waals surface area (Å²) in [5.74, 6) is -0.805. The Morgan fingerprint density at radius 2 is 2.00 bits per heavy atom. The predicted molar refractivity (Wildman–Crippen MR) is 56.6 cm³/mol. The van der Waals surface area contributed by atoms with E-state index in [0.717, 1.165) is 12.1 Å². The number of rotatable bonds is 4. The first-order chi connectivity index (χ1) is 8.25. The van der Waals surface area contributed by atoms with Gasteiger partial charge in [0.1, 0.15) is 6.04 Å². The Balaban J connectivity index is 2.81. The van der Waals surface area contributed by atoms with Crippen LogP contribution in [0.15, 0.2) is 18.2 Å². The highest BCUT2D eigenvalue weighted by Crippen LogP contribution is 2.29. The summed E-state index contributed by atoms with van der Waals surface area (Å²) in [6, 6.07) is 1.20. The molecule has 0 amide bonds. The molecule has 0 saturated carbocycles.